The largest absolute Gasteiger partial charge is 0.299 e. The molecule has 16 heavy (non-hydrogen) atoms. The van der Waals surface area contributed by atoms with E-state index in [-0.39, 0.29) is 5.92 Å². The zero-order chi connectivity index (χ0) is 11.1. The number of carbonyl (C=O) groups excluding carboxylic acids is 1. The summed E-state index contributed by atoms with van der Waals surface area (Å²) >= 11 is 0. The molecule has 3 rings (SSSR count). The topological polar surface area (TPSA) is 30.0 Å². The van der Waals surface area contributed by atoms with E-state index in [1.807, 2.05) is 25.1 Å². The van der Waals surface area contributed by atoms with Gasteiger partial charge in [-0.1, -0.05) is 12.5 Å². The molecule has 2 saturated carbocycles. The minimum Gasteiger partial charge on any atom is -0.299 e. The maximum atomic E-state index is 12.3. The van der Waals surface area contributed by atoms with E-state index in [9.17, 15) is 4.79 Å². The van der Waals surface area contributed by atoms with Gasteiger partial charge in [0.05, 0.1) is 11.6 Å². The van der Waals surface area contributed by atoms with Gasteiger partial charge in [0.2, 0.25) is 0 Å². The average Bonchev–Trinajstić information content (AvgIpc) is 2.81. The first kappa shape index (κ1) is 10.0. The van der Waals surface area contributed by atoms with Crippen molar-refractivity contribution in [2.45, 2.75) is 32.1 Å². The average molecular weight is 215 g/mol. The van der Waals surface area contributed by atoms with Crippen LogP contribution in [-0.4, -0.2) is 10.8 Å². The zero-order valence-corrected chi connectivity index (χ0v) is 9.60. The number of pyridine rings is 1. The van der Waals surface area contributed by atoms with Gasteiger partial charge in [-0.2, -0.15) is 0 Å². The van der Waals surface area contributed by atoms with Crippen LogP contribution in [0.2, 0.25) is 0 Å². The number of aromatic nitrogens is 1. The number of fused-ring (bicyclic) bond motifs is 1. The predicted octanol–water partition coefficient (Wildman–Crippen LogP) is 2.80. The van der Waals surface area contributed by atoms with Crippen LogP contribution >= 0.6 is 0 Å². The van der Waals surface area contributed by atoms with Gasteiger partial charge in [0.1, 0.15) is 5.78 Å². The molecule has 1 aromatic rings. The first-order valence-corrected chi connectivity index (χ1v) is 6.23. The SMILES string of the molecule is CC(C(=O)C1C2CCCC21)c1ccccn1. The lowest BCUT2D eigenvalue weighted by Gasteiger charge is -2.10. The second-order valence-electron chi connectivity index (χ2n) is 5.16. The monoisotopic (exact) mass is 215 g/mol. The molecule has 84 valence electrons. The van der Waals surface area contributed by atoms with Crippen molar-refractivity contribution in [3.05, 3.63) is 30.1 Å². The second kappa shape index (κ2) is 3.69. The molecule has 0 aliphatic heterocycles. The Kier molecular flexibility index (Phi) is 2.31. The summed E-state index contributed by atoms with van der Waals surface area (Å²) in [5.41, 5.74) is 0.928. The molecule has 2 aliphatic rings. The number of hydrogen-bond donors (Lipinski definition) is 0. The van der Waals surface area contributed by atoms with Gasteiger partial charge in [0, 0.05) is 12.1 Å². The third kappa shape index (κ3) is 1.48. The highest BCUT2D eigenvalue weighted by molar-refractivity contribution is 5.90. The van der Waals surface area contributed by atoms with Crippen LogP contribution in [0.15, 0.2) is 24.4 Å². The van der Waals surface area contributed by atoms with Crippen LogP contribution in [0.5, 0.6) is 0 Å². The van der Waals surface area contributed by atoms with Crippen molar-refractivity contribution in [1.29, 1.82) is 0 Å². The molecule has 2 aliphatic carbocycles. The molecule has 0 spiro atoms. The fourth-order valence-corrected chi connectivity index (χ4v) is 3.31. The molecule has 0 amide bonds. The van der Waals surface area contributed by atoms with Crippen molar-refractivity contribution in [2.24, 2.45) is 17.8 Å². The number of nitrogens with zero attached hydrogens (tertiary/aromatic N) is 1. The summed E-state index contributed by atoms with van der Waals surface area (Å²) in [6.45, 7) is 2.00. The van der Waals surface area contributed by atoms with Crippen LogP contribution < -0.4 is 0 Å². The summed E-state index contributed by atoms with van der Waals surface area (Å²) < 4.78 is 0. The number of carbonyl (C=O) groups is 1. The van der Waals surface area contributed by atoms with Gasteiger partial charge in [-0.25, -0.2) is 0 Å². The van der Waals surface area contributed by atoms with E-state index < -0.39 is 0 Å². The second-order valence-corrected chi connectivity index (χ2v) is 5.16. The summed E-state index contributed by atoms with van der Waals surface area (Å²) in [4.78, 5) is 16.6. The van der Waals surface area contributed by atoms with E-state index in [4.69, 9.17) is 0 Å². The summed E-state index contributed by atoms with van der Waals surface area (Å²) in [6, 6.07) is 5.81. The van der Waals surface area contributed by atoms with Gasteiger partial charge < -0.3 is 0 Å². The highest BCUT2D eigenvalue weighted by Gasteiger charge is 2.56. The molecule has 0 bridgehead atoms. The van der Waals surface area contributed by atoms with Crippen LogP contribution in [0.3, 0.4) is 0 Å². The first-order chi connectivity index (χ1) is 7.79. The van der Waals surface area contributed by atoms with Gasteiger partial charge in [0.15, 0.2) is 0 Å². The smallest absolute Gasteiger partial charge is 0.145 e. The Morgan fingerprint density at radius 3 is 2.75 bits per heavy atom. The standard InChI is InChI=1S/C14H17NO/c1-9(12-7-2-3-8-15-12)14(16)13-10-5-4-6-11(10)13/h2-3,7-11,13H,4-6H2,1H3. The molecule has 2 heteroatoms. The number of Topliss-reactive ketones (excluding diaryl/α,β-unsaturated/α-hetero) is 1. The number of rotatable bonds is 3. The highest BCUT2D eigenvalue weighted by Crippen LogP contribution is 2.58. The van der Waals surface area contributed by atoms with E-state index in [0.717, 1.165) is 17.5 Å². The van der Waals surface area contributed by atoms with Gasteiger partial charge in [0.25, 0.3) is 0 Å². The molecule has 2 nitrogen and oxygen atoms in total. The molecule has 0 N–H and O–H groups in total. The van der Waals surface area contributed by atoms with Gasteiger partial charge in [-0.05, 0) is 43.7 Å². The van der Waals surface area contributed by atoms with E-state index >= 15 is 0 Å². The Balaban J connectivity index is 1.72. The maximum Gasteiger partial charge on any atom is 0.145 e. The Morgan fingerprint density at radius 1 is 1.38 bits per heavy atom. The van der Waals surface area contributed by atoms with E-state index in [2.05, 4.69) is 4.98 Å². The van der Waals surface area contributed by atoms with E-state index in [1.165, 1.54) is 19.3 Å². The fourth-order valence-electron chi connectivity index (χ4n) is 3.31. The van der Waals surface area contributed by atoms with Crippen LogP contribution in [0.4, 0.5) is 0 Å². The minimum absolute atomic E-state index is 0.0169. The van der Waals surface area contributed by atoms with Crippen molar-refractivity contribution in [2.75, 3.05) is 0 Å². The third-order valence-electron chi connectivity index (χ3n) is 4.29. The Labute approximate surface area is 96.1 Å². The molecule has 3 atom stereocenters. The number of hydrogen-bond acceptors (Lipinski definition) is 2. The lowest BCUT2D eigenvalue weighted by atomic mass is 9.95. The lowest BCUT2D eigenvalue weighted by Crippen LogP contribution is -2.15. The van der Waals surface area contributed by atoms with Crippen LogP contribution in [0.25, 0.3) is 0 Å². The van der Waals surface area contributed by atoms with Crippen LogP contribution in [0, 0.1) is 17.8 Å². The third-order valence-corrected chi connectivity index (χ3v) is 4.29. The zero-order valence-electron chi connectivity index (χ0n) is 9.60. The molecule has 0 aromatic carbocycles. The molecule has 1 heterocycles. The lowest BCUT2D eigenvalue weighted by molar-refractivity contribution is -0.122. The van der Waals surface area contributed by atoms with E-state index in [1.54, 1.807) is 6.20 Å². The normalized spacial score (nSPS) is 33.2. The number of ketones is 1. The summed E-state index contributed by atoms with van der Waals surface area (Å²) in [5, 5.41) is 0. The van der Waals surface area contributed by atoms with Crippen molar-refractivity contribution in [1.82, 2.24) is 4.98 Å². The summed E-state index contributed by atoms with van der Waals surface area (Å²) in [5.74, 6) is 2.22. The minimum atomic E-state index is -0.0169. The fraction of sp³-hybridized carbons (Fsp3) is 0.571. The van der Waals surface area contributed by atoms with Crippen molar-refractivity contribution in [3.63, 3.8) is 0 Å². The maximum absolute atomic E-state index is 12.3. The van der Waals surface area contributed by atoms with Crippen molar-refractivity contribution < 1.29 is 4.79 Å². The predicted molar refractivity (Wildman–Crippen MR) is 62.0 cm³/mol. The Hall–Kier alpha value is -1.18. The summed E-state index contributed by atoms with van der Waals surface area (Å²) in [6.07, 6.45) is 5.65. The molecular formula is C14H17NO. The first-order valence-electron chi connectivity index (χ1n) is 6.23. The van der Waals surface area contributed by atoms with Gasteiger partial charge >= 0.3 is 0 Å². The van der Waals surface area contributed by atoms with Crippen molar-refractivity contribution >= 4 is 5.78 Å². The molecule has 0 radical (unpaired) electrons. The quantitative estimate of drug-likeness (QED) is 0.776. The molecule has 1 aromatic heterocycles. The highest BCUT2D eigenvalue weighted by atomic mass is 16.1. The Bertz CT molecular complexity index is 390. The Morgan fingerprint density at radius 2 is 2.12 bits per heavy atom. The molecule has 2 fully saturated rings. The molecule has 3 unspecified atom stereocenters. The van der Waals surface area contributed by atoms with Gasteiger partial charge in [-0.3, -0.25) is 9.78 Å². The van der Waals surface area contributed by atoms with Crippen molar-refractivity contribution in [3.8, 4) is 0 Å². The van der Waals surface area contributed by atoms with Crippen LogP contribution in [0.1, 0.15) is 37.8 Å². The van der Waals surface area contributed by atoms with E-state index in [0.29, 0.717) is 11.7 Å². The van der Waals surface area contributed by atoms with Gasteiger partial charge in [-0.15, -0.1) is 0 Å². The molecule has 0 saturated heterocycles. The van der Waals surface area contributed by atoms with Crippen LogP contribution in [-0.2, 0) is 4.79 Å². The summed E-state index contributed by atoms with van der Waals surface area (Å²) in [7, 11) is 0. The molecular weight excluding hydrogens is 198 g/mol.